The number of carboxylic acid groups (broad SMARTS) is 1. The van der Waals surface area contributed by atoms with E-state index >= 15 is 0 Å². The molecule has 0 aliphatic carbocycles. The first-order valence-electron chi connectivity index (χ1n) is 10.7. The van der Waals surface area contributed by atoms with E-state index in [1.165, 1.54) is 0 Å². The van der Waals surface area contributed by atoms with Gasteiger partial charge in [-0.05, 0) is 0 Å². The third-order valence-corrected chi connectivity index (χ3v) is 6.20. The lowest BCUT2D eigenvalue weighted by molar-refractivity contribution is -0.347. The Morgan fingerprint density at radius 2 is 1.34 bits per heavy atom. The Morgan fingerprint density at radius 1 is 0.743 bits per heavy atom. The first kappa shape index (κ1) is 28.4. The van der Waals surface area contributed by atoms with Crippen LogP contribution in [0.5, 0.6) is 0 Å². The van der Waals surface area contributed by atoms with Crippen molar-refractivity contribution in [3.05, 3.63) is 0 Å². The zero-order valence-corrected chi connectivity index (χ0v) is 18.2. The summed E-state index contributed by atoms with van der Waals surface area (Å²) in [5.41, 5.74) is 11.6. The fourth-order valence-electron chi connectivity index (χ4n) is 4.03. The van der Waals surface area contributed by atoms with Crippen LogP contribution in [0.25, 0.3) is 0 Å². The molecule has 0 radical (unpaired) electrons. The van der Waals surface area contributed by atoms with Crippen LogP contribution in [0.15, 0.2) is 0 Å². The molecule has 0 spiro atoms. The molecule has 3 heterocycles. The molecule has 0 bridgehead atoms. The Labute approximate surface area is 197 Å². The zero-order valence-electron chi connectivity index (χ0n) is 18.2. The van der Waals surface area contributed by atoms with Crippen molar-refractivity contribution in [1.82, 2.24) is 0 Å². The number of aliphatic hydroxyl groups is 8. The highest BCUT2D eigenvalue weighted by Gasteiger charge is 2.51. The van der Waals surface area contributed by atoms with Gasteiger partial charge in [0.2, 0.25) is 0 Å². The number of rotatable bonds is 7. The van der Waals surface area contributed by atoms with E-state index in [0.29, 0.717) is 0 Å². The minimum atomic E-state index is -1.91. The Bertz CT molecular complexity index is 717. The Kier molecular flexibility index (Phi) is 9.35. The maximum atomic E-state index is 11.3. The normalized spacial score (nSPS) is 51.2. The molecule has 3 rings (SSSR count). The number of carbonyl (C=O) groups is 1. The van der Waals surface area contributed by atoms with E-state index in [1.54, 1.807) is 0 Å². The molecule has 15 atom stereocenters. The number of ether oxygens (including phenoxy) is 5. The molecule has 17 heteroatoms. The van der Waals surface area contributed by atoms with Gasteiger partial charge in [-0.1, -0.05) is 0 Å². The van der Waals surface area contributed by atoms with Crippen LogP contribution in [0.4, 0.5) is 0 Å². The fourth-order valence-corrected chi connectivity index (χ4v) is 4.03. The second kappa shape index (κ2) is 11.5. The number of hydrogen-bond acceptors (Lipinski definition) is 16. The number of hydrogen-bond donors (Lipinski definition) is 11. The number of aliphatic carboxylic acids is 1. The van der Waals surface area contributed by atoms with Gasteiger partial charge in [-0.25, -0.2) is 4.79 Å². The lowest BCUT2D eigenvalue weighted by Gasteiger charge is -2.46. The van der Waals surface area contributed by atoms with E-state index in [4.69, 9.17) is 40.3 Å². The SMILES string of the molecule is N[C@H]1[C@@H](OC[C@H]2OC(O)[C@H](O)[C@@H](O)[C@@H]2O[C@H]2O[C@H](CO)[C@@H](O)[C@H](O)[C@H]2N)O[C@H](C(=O)O)[C@H](O)[C@@H]1O. The summed E-state index contributed by atoms with van der Waals surface area (Å²) in [6.45, 7) is -1.33. The fraction of sp³-hybridized carbons (Fsp3) is 0.944. The van der Waals surface area contributed by atoms with E-state index in [-0.39, 0.29) is 0 Å². The Balaban J connectivity index is 1.73. The Morgan fingerprint density at radius 3 is 1.94 bits per heavy atom. The average molecular weight is 516 g/mol. The van der Waals surface area contributed by atoms with Gasteiger partial charge in [-0.3, -0.25) is 0 Å². The summed E-state index contributed by atoms with van der Waals surface area (Å²) in [6.07, 6.45) is -21.5. The van der Waals surface area contributed by atoms with Crippen LogP contribution < -0.4 is 11.5 Å². The summed E-state index contributed by atoms with van der Waals surface area (Å²) < 4.78 is 26.7. The summed E-state index contributed by atoms with van der Waals surface area (Å²) >= 11 is 0. The standard InChI is InChI=1S/C18H32N2O15/c19-5-9(24)10(25)14(15(28)29)35-17(5)31-2-4-13(11(26)12(27)16(30)32-4)34-18-6(20)8(23)7(22)3(1-21)33-18/h3-14,16-18,21-27,30H,1-2,19-20H2,(H,28,29)/t3-,4-,5-,6-,7-,8-,9-,10-,11-,12-,13-,14+,16?,17+,18-/m1/s1. The summed E-state index contributed by atoms with van der Waals surface area (Å²) in [7, 11) is 0. The van der Waals surface area contributed by atoms with Gasteiger partial charge in [-0.15, -0.1) is 0 Å². The van der Waals surface area contributed by atoms with E-state index < -0.39 is 111 Å². The first-order chi connectivity index (χ1) is 16.4. The van der Waals surface area contributed by atoms with E-state index in [0.717, 1.165) is 0 Å². The smallest absolute Gasteiger partial charge is 0.335 e. The van der Waals surface area contributed by atoms with Crippen LogP contribution in [0, 0.1) is 0 Å². The molecular weight excluding hydrogens is 484 g/mol. The largest absolute Gasteiger partial charge is 0.479 e. The van der Waals surface area contributed by atoms with Crippen molar-refractivity contribution in [3.8, 4) is 0 Å². The predicted octanol–water partition coefficient (Wildman–Crippen LogP) is -7.55. The quantitative estimate of drug-likeness (QED) is 0.150. The van der Waals surface area contributed by atoms with E-state index in [1.807, 2.05) is 0 Å². The molecule has 13 N–H and O–H groups in total. The molecule has 0 aromatic rings. The molecule has 204 valence electrons. The van der Waals surface area contributed by atoms with Crippen LogP contribution in [0.3, 0.4) is 0 Å². The molecule has 0 aromatic heterocycles. The van der Waals surface area contributed by atoms with Gasteiger partial charge in [-0.2, -0.15) is 0 Å². The number of aliphatic hydroxyl groups excluding tert-OH is 8. The van der Waals surface area contributed by atoms with Gasteiger partial charge < -0.3 is 81.1 Å². The van der Waals surface area contributed by atoms with Gasteiger partial charge in [0.1, 0.15) is 54.9 Å². The summed E-state index contributed by atoms with van der Waals surface area (Å²) in [5.74, 6) is -1.59. The number of carboxylic acids is 1. The monoisotopic (exact) mass is 516 g/mol. The molecule has 3 saturated heterocycles. The molecule has 3 aliphatic heterocycles. The Hall–Kier alpha value is -1.13. The zero-order chi connectivity index (χ0) is 26.2. The summed E-state index contributed by atoms with van der Waals surface area (Å²) in [4.78, 5) is 11.3. The molecule has 0 aromatic carbocycles. The molecule has 3 aliphatic rings. The van der Waals surface area contributed by atoms with Crippen LogP contribution in [-0.2, 0) is 28.5 Å². The van der Waals surface area contributed by atoms with Crippen LogP contribution >= 0.6 is 0 Å². The number of nitrogens with two attached hydrogens (primary N) is 2. The van der Waals surface area contributed by atoms with Crippen molar-refractivity contribution in [2.75, 3.05) is 13.2 Å². The summed E-state index contributed by atoms with van der Waals surface area (Å²) in [5, 5.41) is 88.8. The topological polar surface area (TPSA) is 297 Å². The van der Waals surface area contributed by atoms with Crippen LogP contribution in [0.1, 0.15) is 0 Å². The van der Waals surface area contributed by atoms with E-state index in [9.17, 15) is 45.6 Å². The highest BCUT2D eigenvalue weighted by atomic mass is 16.7. The second-order valence-electron chi connectivity index (χ2n) is 8.59. The van der Waals surface area contributed by atoms with Gasteiger partial charge in [0.15, 0.2) is 25.0 Å². The predicted molar refractivity (Wildman–Crippen MR) is 106 cm³/mol. The van der Waals surface area contributed by atoms with Gasteiger partial charge in [0, 0.05) is 0 Å². The van der Waals surface area contributed by atoms with E-state index in [2.05, 4.69) is 0 Å². The van der Waals surface area contributed by atoms with Crippen molar-refractivity contribution < 1.29 is 74.4 Å². The molecule has 0 saturated carbocycles. The van der Waals surface area contributed by atoms with Crippen LogP contribution in [0.2, 0.25) is 0 Å². The van der Waals surface area contributed by atoms with Gasteiger partial charge in [0.25, 0.3) is 0 Å². The maximum Gasteiger partial charge on any atom is 0.335 e. The molecule has 1 unspecified atom stereocenters. The highest BCUT2D eigenvalue weighted by Crippen LogP contribution is 2.29. The van der Waals surface area contributed by atoms with Crippen molar-refractivity contribution in [2.45, 2.75) is 92.0 Å². The molecule has 17 nitrogen and oxygen atoms in total. The molecule has 35 heavy (non-hydrogen) atoms. The van der Waals surface area contributed by atoms with Crippen molar-refractivity contribution >= 4 is 5.97 Å². The van der Waals surface area contributed by atoms with Crippen molar-refractivity contribution in [1.29, 1.82) is 0 Å². The summed E-state index contributed by atoms with van der Waals surface area (Å²) in [6, 6.07) is -2.77. The molecular formula is C18H32N2O15. The van der Waals surface area contributed by atoms with Crippen molar-refractivity contribution in [3.63, 3.8) is 0 Å². The highest BCUT2D eigenvalue weighted by molar-refractivity contribution is 5.73. The minimum Gasteiger partial charge on any atom is -0.479 e. The average Bonchev–Trinajstić information content (AvgIpc) is 2.82. The van der Waals surface area contributed by atoms with Crippen LogP contribution in [-0.4, -0.2) is 157 Å². The second-order valence-corrected chi connectivity index (χ2v) is 8.59. The lowest BCUT2D eigenvalue weighted by atomic mass is 9.96. The molecule has 3 fully saturated rings. The molecule has 0 amide bonds. The van der Waals surface area contributed by atoms with Crippen molar-refractivity contribution in [2.24, 2.45) is 11.5 Å². The first-order valence-corrected chi connectivity index (χ1v) is 10.7. The minimum absolute atomic E-state index is 0.615. The maximum absolute atomic E-state index is 11.3. The van der Waals surface area contributed by atoms with Gasteiger partial charge in [0.05, 0.1) is 25.3 Å². The third kappa shape index (κ3) is 5.74. The lowest BCUT2D eigenvalue weighted by Crippen LogP contribution is -2.67. The third-order valence-electron chi connectivity index (χ3n) is 6.20. The van der Waals surface area contributed by atoms with Gasteiger partial charge >= 0.3 is 5.97 Å².